The Morgan fingerprint density at radius 1 is 1.24 bits per heavy atom. The summed E-state index contributed by atoms with van der Waals surface area (Å²) in [6.45, 7) is 2.44. The molecule has 1 heterocycles. The molecule has 5 heteroatoms. The van der Waals surface area contributed by atoms with Gasteiger partial charge in [-0.05, 0) is 42.7 Å². The van der Waals surface area contributed by atoms with E-state index in [0.717, 1.165) is 23.3 Å². The van der Waals surface area contributed by atoms with Gasteiger partial charge in [0.2, 0.25) is 0 Å². The number of carbonyl (C=O) groups is 1. The van der Waals surface area contributed by atoms with E-state index in [9.17, 15) is 4.79 Å². The summed E-state index contributed by atoms with van der Waals surface area (Å²) in [4.78, 5) is 11.8. The number of hydrogen-bond donors (Lipinski definition) is 2. The number of furan rings is 1. The van der Waals surface area contributed by atoms with Gasteiger partial charge in [0.25, 0.3) is 0 Å². The van der Waals surface area contributed by atoms with Gasteiger partial charge in [0.15, 0.2) is 0 Å². The van der Waals surface area contributed by atoms with Crippen molar-refractivity contribution in [2.45, 2.75) is 25.9 Å². The normalized spacial score (nSPS) is 11.7. The largest absolute Gasteiger partial charge is 0.497 e. The number of urea groups is 1. The molecule has 2 aromatic rings. The second kappa shape index (κ2) is 7.38. The number of ether oxygens (including phenoxy) is 1. The van der Waals surface area contributed by atoms with Crippen LogP contribution in [-0.2, 0) is 13.0 Å². The summed E-state index contributed by atoms with van der Waals surface area (Å²) in [5.74, 6) is 0.803. The molecule has 2 rings (SSSR count). The molecule has 1 aromatic heterocycles. The summed E-state index contributed by atoms with van der Waals surface area (Å²) in [6.07, 6.45) is 4.06. The molecule has 2 amide bonds. The van der Waals surface area contributed by atoms with Gasteiger partial charge in [0.05, 0.1) is 19.6 Å². The quantitative estimate of drug-likeness (QED) is 0.859. The summed E-state index contributed by atoms with van der Waals surface area (Å²) in [7, 11) is 1.63. The first-order valence-electron chi connectivity index (χ1n) is 6.85. The van der Waals surface area contributed by atoms with Crippen LogP contribution in [0.3, 0.4) is 0 Å². The van der Waals surface area contributed by atoms with Crippen molar-refractivity contribution in [3.63, 3.8) is 0 Å². The van der Waals surface area contributed by atoms with Gasteiger partial charge >= 0.3 is 6.03 Å². The summed E-state index contributed by atoms with van der Waals surface area (Å²) in [5.41, 5.74) is 2.09. The average Bonchev–Trinajstić information content (AvgIpc) is 2.98. The highest BCUT2D eigenvalue weighted by atomic mass is 16.5. The lowest BCUT2D eigenvalue weighted by Crippen LogP contribution is -2.41. The molecule has 112 valence electrons. The molecule has 0 aliphatic heterocycles. The van der Waals surface area contributed by atoms with Crippen molar-refractivity contribution in [1.29, 1.82) is 0 Å². The molecule has 1 atom stereocenters. The van der Waals surface area contributed by atoms with E-state index in [0.29, 0.717) is 6.54 Å². The predicted octanol–water partition coefficient (Wildman–Crippen LogP) is 2.72. The van der Waals surface area contributed by atoms with Crippen LogP contribution in [0, 0.1) is 0 Å². The Bertz CT molecular complexity index is 549. The van der Waals surface area contributed by atoms with Crippen LogP contribution < -0.4 is 15.4 Å². The van der Waals surface area contributed by atoms with Crippen LogP contribution in [0.4, 0.5) is 4.79 Å². The van der Waals surface area contributed by atoms with Crippen molar-refractivity contribution in [3.05, 3.63) is 54.0 Å². The van der Waals surface area contributed by atoms with Crippen LogP contribution in [0.5, 0.6) is 5.75 Å². The van der Waals surface area contributed by atoms with Crippen LogP contribution in [0.25, 0.3) is 0 Å². The predicted molar refractivity (Wildman–Crippen MR) is 80.2 cm³/mol. The Labute approximate surface area is 124 Å². The van der Waals surface area contributed by atoms with E-state index in [-0.39, 0.29) is 12.1 Å². The van der Waals surface area contributed by atoms with Crippen molar-refractivity contribution >= 4 is 6.03 Å². The van der Waals surface area contributed by atoms with Crippen LogP contribution in [-0.4, -0.2) is 19.2 Å². The highest BCUT2D eigenvalue weighted by Gasteiger charge is 2.08. The molecule has 0 saturated carbocycles. The molecule has 21 heavy (non-hydrogen) atoms. The second-order valence-electron chi connectivity index (χ2n) is 4.91. The molecular formula is C16H20N2O3. The van der Waals surface area contributed by atoms with Gasteiger partial charge < -0.3 is 19.8 Å². The molecule has 2 N–H and O–H groups in total. The van der Waals surface area contributed by atoms with Gasteiger partial charge in [0, 0.05) is 12.6 Å². The third-order valence-electron chi connectivity index (χ3n) is 3.11. The number of hydrogen-bond acceptors (Lipinski definition) is 3. The maximum Gasteiger partial charge on any atom is 0.315 e. The maximum absolute atomic E-state index is 11.8. The standard InChI is InChI=1S/C16H20N2O3/c1-12(9-14-7-8-21-11-14)18-16(19)17-10-13-3-5-15(20-2)6-4-13/h3-8,11-12H,9-10H2,1-2H3,(H2,17,18,19)/t12-/m0/s1. The SMILES string of the molecule is COc1ccc(CNC(=O)N[C@@H](C)Cc2ccoc2)cc1. The van der Waals surface area contributed by atoms with E-state index in [1.54, 1.807) is 19.6 Å². The topological polar surface area (TPSA) is 63.5 Å². The minimum atomic E-state index is -0.179. The average molecular weight is 288 g/mol. The number of carbonyl (C=O) groups excluding carboxylic acids is 1. The smallest absolute Gasteiger partial charge is 0.315 e. The number of benzene rings is 1. The van der Waals surface area contributed by atoms with E-state index >= 15 is 0 Å². The lowest BCUT2D eigenvalue weighted by molar-refractivity contribution is 0.237. The summed E-state index contributed by atoms with van der Waals surface area (Å²) in [5, 5.41) is 5.73. The third kappa shape index (κ3) is 4.87. The molecular weight excluding hydrogens is 268 g/mol. The molecule has 5 nitrogen and oxygen atoms in total. The van der Waals surface area contributed by atoms with Crippen molar-refractivity contribution in [1.82, 2.24) is 10.6 Å². The third-order valence-corrected chi connectivity index (χ3v) is 3.11. The lowest BCUT2D eigenvalue weighted by Gasteiger charge is -2.14. The first-order valence-corrected chi connectivity index (χ1v) is 6.85. The number of amides is 2. The molecule has 0 saturated heterocycles. The van der Waals surface area contributed by atoms with E-state index < -0.39 is 0 Å². The zero-order chi connectivity index (χ0) is 15.1. The Balaban J connectivity index is 1.73. The molecule has 0 aliphatic rings. The summed E-state index contributed by atoms with van der Waals surface area (Å²) >= 11 is 0. The van der Waals surface area contributed by atoms with Crippen molar-refractivity contribution < 1.29 is 13.9 Å². The van der Waals surface area contributed by atoms with Crippen LogP contribution in [0.2, 0.25) is 0 Å². The fourth-order valence-corrected chi connectivity index (χ4v) is 2.01. The molecule has 1 aromatic carbocycles. The first kappa shape index (κ1) is 15.0. The van der Waals surface area contributed by atoms with E-state index in [2.05, 4.69) is 10.6 Å². The van der Waals surface area contributed by atoms with Gasteiger partial charge in [-0.1, -0.05) is 12.1 Å². The van der Waals surface area contributed by atoms with Crippen LogP contribution in [0.1, 0.15) is 18.1 Å². The molecule has 0 bridgehead atoms. The zero-order valence-electron chi connectivity index (χ0n) is 12.3. The minimum Gasteiger partial charge on any atom is -0.497 e. The Morgan fingerprint density at radius 3 is 2.62 bits per heavy atom. The Kier molecular flexibility index (Phi) is 5.26. The minimum absolute atomic E-state index is 0.0402. The summed E-state index contributed by atoms with van der Waals surface area (Å²) < 4.78 is 10.1. The van der Waals surface area contributed by atoms with E-state index in [4.69, 9.17) is 9.15 Å². The highest BCUT2D eigenvalue weighted by molar-refractivity contribution is 5.74. The Morgan fingerprint density at radius 2 is 2.00 bits per heavy atom. The maximum atomic E-state index is 11.8. The summed E-state index contributed by atoms with van der Waals surface area (Å²) in [6, 6.07) is 9.35. The monoisotopic (exact) mass is 288 g/mol. The van der Waals surface area contributed by atoms with Crippen LogP contribution in [0.15, 0.2) is 47.3 Å². The molecule has 0 unspecified atom stereocenters. The number of rotatable bonds is 6. The second-order valence-corrected chi connectivity index (χ2v) is 4.91. The first-order chi connectivity index (χ1) is 10.2. The zero-order valence-corrected chi connectivity index (χ0v) is 12.3. The van der Waals surface area contributed by atoms with Crippen molar-refractivity contribution in [2.75, 3.05) is 7.11 Å². The van der Waals surface area contributed by atoms with Crippen molar-refractivity contribution in [3.8, 4) is 5.75 Å². The molecule has 0 radical (unpaired) electrons. The fourth-order valence-electron chi connectivity index (χ4n) is 2.01. The lowest BCUT2D eigenvalue weighted by atomic mass is 10.1. The number of nitrogens with one attached hydrogen (secondary N) is 2. The number of methoxy groups -OCH3 is 1. The van der Waals surface area contributed by atoms with Gasteiger partial charge in [-0.15, -0.1) is 0 Å². The van der Waals surface area contributed by atoms with E-state index in [1.807, 2.05) is 37.3 Å². The van der Waals surface area contributed by atoms with Gasteiger partial charge in [0.1, 0.15) is 5.75 Å². The Hall–Kier alpha value is -2.43. The van der Waals surface area contributed by atoms with Crippen LogP contribution >= 0.6 is 0 Å². The molecule has 0 fully saturated rings. The van der Waals surface area contributed by atoms with Gasteiger partial charge in [-0.2, -0.15) is 0 Å². The van der Waals surface area contributed by atoms with Gasteiger partial charge in [-0.3, -0.25) is 0 Å². The molecule has 0 aliphatic carbocycles. The highest BCUT2D eigenvalue weighted by Crippen LogP contribution is 2.10. The molecule has 0 spiro atoms. The fraction of sp³-hybridized carbons (Fsp3) is 0.312. The van der Waals surface area contributed by atoms with Crippen molar-refractivity contribution in [2.24, 2.45) is 0 Å². The van der Waals surface area contributed by atoms with E-state index in [1.165, 1.54) is 0 Å². The van der Waals surface area contributed by atoms with Gasteiger partial charge in [-0.25, -0.2) is 4.79 Å².